The quantitative estimate of drug-likeness (QED) is 0.457. The monoisotopic (exact) mass is 431 g/mol. The van der Waals surface area contributed by atoms with E-state index in [1.54, 1.807) is 30.3 Å². The second kappa shape index (κ2) is 9.06. The van der Waals surface area contributed by atoms with Gasteiger partial charge in [-0.25, -0.2) is 0 Å². The molecule has 3 N–H and O–H groups in total. The Bertz CT molecular complexity index is 1160. The maximum Gasteiger partial charge on any atom is 0.258 e. The van der Waals surface area contributed by atoms with E-state index in [2.05, 4.69) is 16.0 Å². The molecule has 2 amide bonds. The van der Waals surface area contributed by atoms with E-state index < -0.39 is 0 Å². The van der Waals surface area contributed by atoms with Crippen LogP contribution in [0.5, 0.6) is 0 Å². The molecule has 0 fully saturated rings. The Hall–Kier alpha value is -3.57. The lowest BCUT2D eigenvalue weighted by Crippen LogP contribution is -2.23. The lowest BCUT2D eigenvalue weighted by molar-refractivity contribution is -0.110. The summed E-state index contributed by atoms with van der Waals surface area (Å²) in [6.07, 6.45) is 0.852. The average Bonchev–Trinajstić information content (AvgIpc) is 3.12. The van der Waals surface area contributed by atoms with E-state index in [0.717, 1.165) is 17.7 Å². The zero-order valence-electron chi connectivity index (χ0n) is 17.0. The maximum absolute atomic E-state index is 13.0. The fraction of sp³-hybridized carbons (Fsp3) is 0.120. The molecule has 0 unspecified atom stereocenters. The summed E-state index contributed by atoms with van der Waals surface area (Å²) < 4.78 is 0. The molecule has 0 aromatic heterocycles. The highest BCUT2D eigenvalue weighted by Gasteiger charge is 2.29. The van der Waals surface area contributed by atoms with Crippen LogP contribution in [0.3, 0.4) is 0 Å². The van der Waals surface area contributed by atoms with Gasteiger partial charge in [-0.15, -0.1) is 0 Å². The number of hydrogen-bond donors (Lipinski definition) is 3. The summed E-state index contributed by atoms with van der Waals surface area (Å²) in [7, 11) is 0. The smallest absolute Gasteiger partial charge is 0.258 e. The second-order valence-electron chi connectivity index (χ2n) is 7.22. The van der Waals surface area contributed by atoms with E-state index in [1.807, 2.05) is 49.4 Å². The first-order valence-electron chi connectivity index (χ1n) is 10.1. The fourth-order valence-corrected chi connectivity index (χ4v) is 3.58. The lowest BCUT2D eigenvalue weighted by atomic mass is 9.98. The Balaban J connectivity index is 1.83. The topological polar surface area (TPSA) is 70.2 Å². The van der Waals surface area contributed by atoms with Gasteiger partial charge in [-0.05, 0) is 54.4 Å². The minimum absolute atomic E-state index is 0.157. The highest BCUT2D eigenvalue weighted by atomic mass is 35.5. The van der Waals surface area contributed by atoms with Gasteiger partial charge in [-0.3, -0.25) is 9.59 Å². The molecule has 3 aromatic carbocycles. The van der Waals surface area contributed by atoms with Gasteiger partial charge in [0.25, 0.3) is 11.8 Å². The molecule has 0 aliphatic carbocycles. The van der Waals surface area contributed by atoms with Crippen LogP contribution >= 0.6 is 11.6 Å². The van der Waals surface area contributed by atoms with Crippen LogP contribution in [0.15, 0.2) is 72.8 Å². The summed E-state index contributed by atoms with van der Waals surface area (Å²) in [6, 6.07) is 22.2. The minimum atomic E-state index is -0.221. The van der Waals surface area contributed by atoms with E-state index in [-0.39, 0.29) is 11.8 Å². The summed E-state index contributed by atoms with van der Waals surface area (Å²) >= 11 is 6.02. The highest BCUT2D eigenvalue weighted by molar-refractivity contribution is 6.37. The van der Waals surface area contributed by atoms with Gasteiger partial charge in [-0.1, -0.05) is 48.9 Å². The molecule has 1 aliphatic rings. The second-order valence-corrected chi connectivity index (χ2v) is 7.65. The van der Waals surface area contributed by atoms with Crippen LogP contribution in [0, 0.1) is 0 Å². The molecule has 1 heterocycles. The maximum atomic E-state index is 13.0. The van der Waals surface area contributed by atoms with Gasteiger partial charge in [0.15, 0.2) is 0 Å². The fourth-order valence-electron chi connectivity index (χ4n) is 3.46. The van der Waals surface area contributed by atoms with Crippen molar-refractivity contribution in [2.24, 2.45) is 0 Å². The third-order valence-electron chi connectivity index (χ3n) is 4.99. The van der Waals surface area contributed by atoms with Crippen molar-refractivity contribution in [3.63, 3.8) is 0 Å². The Morgan fingerprint density at radius 1 is 0.968 bits per heavy atom. The van der Waals surface area contributed by atoms with Crippen molar-refractivity contribution < 1.29 is 9.59 Å². The molecule has 0 saturated carbocycles. The number of nitrogens with one attached hydrogen (secondary N) is 3. The molecule has 3 aromatic rings. The van der Waals surface area contributed by atoms with E-state index in [1.165, 1.54) is 0 Å². The number of carbonyl (C=O) groups is 2. The van der Waals surface area contributed by atoms with E-state index >= 15 is 0 Å². The number of hydrogen-bond acceptors (Lipinski definition) is 3. The van der Waals surface area contributed by atoms with E-state index in [0.29, 0.717) is 39.7 Å². The minimum Gasteiger partial charge on any atom is -0.354 e. The van der Waals surface area contributed by atoms with Crippen LogP contribution in [0.1, 0.15) is 34.8 Å². The number of fused-ring (bicyclic) bond motifs is 1. The van der Waals surface area contributed by atoms with Crippen molar-refractivity contribution >= 4 is 46.1 Å². The average molecular weight is 432 g/mol. The van der Waals surface area contributed by atoms with Crippen molar-refractivity contribution in [3.8, 4) is 0 Å². The molecule has 0 saturated heterocycles. The van der Waals surface area contributed by atoms with Gasteiger partial charge in [0.1, 0.15) is 0 Å². The number of carbonyl (C=O) groups excluding carboxylic acids is 2. The molecule has 6 heteroatoms. The third-order valence-corrected chi connectivity index (χ3v) is 5.24. The van der Waals surface area contributed by atoms with Crippen LogP contribution in [0.25, 0.3) is 11.3 Å². The van der Waals surface area contributed by atoms with Crippen LogP contribution < -0.4 is 16.0 Å². The summed E-state index contributed by atoms with van der Waals surface area (Å²) in [5.74, 6) is -0.378. The summed E-state index contributed by atoms with van der Waals surface area (Å²) in [6.45, 7) is 2.60. The predicted octanol–water partition coefficient (Wildman–Crippen LogP) is 5.41. The van der Waals surface area contributed by atoms with Gasteiger partial charge in [0.2, 0.25) is 0 Å². The first kappa shape index (κ1) is 20.7. The zero-order valence-corrected chi connectivity index (χ0v) is 17.8. The molecule has 31 heavy (non-hydrogen) atoms. The molecular formula is C25H22ClN3O2. The largest absolute Gasteiger partial charge is 0.354 e. The Labute approximate surface area is 186 Å². The van der Waals surface area contributed by atoms with Gasteiger partial charge in [-0.2, -0.15) is 0 Å². The molecule has 0 radical (unpaired) electrons. The Morgan fingerprint density at radius 3 is 2.42 bits per heavy atom. The highest BCUT2D eigenvalue weighted by Crippen LogP contribution is 2.38. The van der Waals surface area contributed by atoms with Gasteiger partial charge in [0, 0.05) is 34.1 Å². The molecule has 0 atom stereocenters. The predicted molar refractivity (Wildman–Crippen MR) is 126 cm³/mol. The molecule has 0 spiro atoms. The van der Waals surface area contributed by atoms with Crippen LogP contribution in [-0.2, 0) is 4.79 Å². The van der Waals surface area contributed by atoms with Gasteiger partial charge < -0.3 is 16.0 Å². The van der Waals surface area contributed by atoms with Gasteiger partial charge >= 0.3 is 0 Å². The Morgan fingerprint density at radius 2 is 1.71 bits per heavy atom. The molecular weight excluding hydrogens is 410 g/mol. The van der Waals surface area contributed by atoms with Crippen LogP contribution in [-0.4, -0.2) is 18.4 Å². The summed E-state index contributed by atoms with van der Waals surface area (Å²) in [4.78, 5) is 25.5. The Kier molecular flexibility index (Phi) is 6.05. The summed E-state index contributed by atoms with van der Waals surface area (Å²) in [5.41, 5.74) is 4.68. The molecule has 0 bridgehead atoms. The third kappa shape index (κ3) is 4.47. The molecule has 156 valence electrons. The zero-order chi connectivity index (χ0) is 21.8. The normalized spacial score (nSPS) is 13.9. The number of amides is 2. The first-order chi connectivity index (χ1) is 15.1. The lowest BCUT2D eigenvalue weighted by Gasteiger charge is -2.15. The molecule has 1 aliphatic heterocycles. The van der Waals surface area contributed by atoms with Gasteiger partial charge in [0.05, 0.1) is 11.3 Å². The van der Waals surface area contributed by atoms with Crippen LogP contribution in [0.2, 0.25) is 5.02 Å². The standard InChI is InChI=1S/C25H22ClN3O2/c1-2-14-27-24(30)17-8-13-21-20(15-17)22(25(31)29-21)23(16-6-4-3-5-7-16)28-19-11-9-18(26)10-12-19/h3-13,15,28H,2,14H2,1H3,(H,27,30)(H,29,31). The molecule has 4 rings (SSSR count). The van der Waals surface area contributed by atoms with Crippen molar-refractivity contribution in [2.45, 2.75) is 13.3 Å². The number of rotatable bonds is 6. The number of anilines is 2. The van der Waals surface area contributed by atoms with Crippen molar-refractivity contribution in [1.82, 2.24) is 5.32 Å². The van der Waals surface area contributed by atoms with Crippen molar-refractivity contribution in [2.75, 3.05) is 17.2 Å². The van der Waals surface area contributed by atoms with E-state index in [4.69, 9.17) is 11.6 Å². The van der Waals surface area contributed by atoms with E-state index in [9.17, 15) is 9.59 Å². The van der Waals surface area contributed by atoms with Crippen molar-refractivity contribution in [3.05, 3.63) is 94.5 Å². The number of benzene rings is 3. The molecule has 5 nitrogen and oxygen atoms in total. The summed E-state index contributed by atoms with van der Waals surface area (Å²) in [5, 5.41) is 9.80. The number of halogens is 1. The SMILES string of the molecule is CCCNC(=O)c1ccc2c(c1)C(=C(Nc1ccc(Cl)cc1)c1ccccc1)C(=O)N2. The van der Waals surface area contributed by atoms with Crippen LogP contribution in [0.4, 0.5) is 11.4 Å². The van der Waals surface area contributed by atoms with Crippen molar-refractivity contribution in [1.29, 1.82) is 0 Å². The first-order valence-corrected chi connectivity index (χ1v) is 10.5.